The van der Waals surface area contributed by atoms with Crippen molar-refractivity contribution in [3.05, 3.63) is 12.2 Å². The summed E-state index contributed by atoms with van der Waals surface area (Å²) >= 11 is 0. The third-order valence-electron chi connectivity index (χ3n) is 3.48. The van der Waals surface area contributed by atoms with Crippen molar-refractivity contribution >= 4 is 0 Å². The van der Waals surface area contributed by atoms with Crippen molar-refractivity contribution in [2.45, 2.75) is 108 Å². The lowest BCUT2D eigenvalue weighted by Crippen LogP contribution is -2.24. The average Bonchev–Trinajstić information content (AvgIpc) is 2.43. The van der Waals surface area contributed by atoms with Gasteiger partial charge < -0.3 is 5.32 Å². The first-order valence-electron chi connectivity index (χ1n) is 10.8. The van der Waals surface area contributed by atoms with E-state index in [-0.39, 0.29) is 0 Å². The molecule has 0 spiro atoms. The van der Waals surface area contributed by atoms with Gasteiger partial charge in [0.2, 0.25) is 0 Å². The first kappa shape index (κ1) is 29.5. The molecule has 0 bridgehead atoms. The Morgan fingerprint density at radius 3 is 1.04 bits per heavy atom. The fourth-order valence-corrected chi connectivity index (χ4v) is 1.77. The van der Waals surface area contributed by atoms with Crippen molar-refractivity contribution < 1.29 is 0 Å². The van der Waals surface area contributed by atoms with Gasteiger partial charge in [-0.2, -0.15) is 0 Å². The van der Waals surface area contributed by atoms with E-state index in [1.54, 1.807) is 0 Å². The normalized spacial score (nSPS) is 11.6. The van der Waals surface area contributed by atoms with Gasteiger partial charge in [0.15, 0.2) is 0 Å². The molecule has 0 rings (SSSR count). The highest BCUT2D eigenvalue weighted by atomic mass is 14.9. The second kappa shape index (κ2) is 20.0. The summed E-state index contributed by atoms with van der Waals surface area (Å²) in [6, 6.07) is 0.642. The molecule has 0 aliphatic heterocycles. The smallest absolute Gasteiger partial charge is 0.00103 e. The van der Waals surface area contributed by atoms with Crippen molar-refractivity contribution in [3.8, 4) is 0 Å². The largest absolute Gasteiger partial charge is 0.315 e. The summed E-state index contributed by atoms with van der Waals surface area (Å²) in [5.41, 5.74) is 0. The van der Waals surface area contributed by atoms with E-state index >= 15 is 0 Å². The molecule has 0 saturated heterocycles. The van der Waals surface area contributed by atoms with Crippen LogP contribution < -0.4 is 5.32 Å². The molecule has 0 aliphatic carbocycles. The Morgan fingerprint density at radius 2 is 0.840 bits per heavy atom. The summed E-state index contributed by atoms with van der Waals surface area (Å²) in [7, 11) is 0. The minimum absolute atomic E-state index is 0.642. The zero-order valence-electron chi connectivity index (χ0n) is 19.9. The number of rotatable bonds is 9. The van der Waals surface area contributed by atoms with Crippen LogP contribution in [0.25, 0.3) is 0 Å². The van der Waals surface area contributed by atoms with E-state index in [0.29, 0.717) is 17.9 Å². The number of nitrogens with one attached hydrogen (secondary N) is 1. The van der Waals surface area contributed by atoms with Crippen LogP contribution in [0.15, 0.2) is 12.2 Å². The highest BCUT2D eigenvalue weighted by Gasteiger charge is 1.96. The van der Waals surface area contributed by atoms with Crippen LogP contribution in [0.3, 0.4) is 0 Å². The Balaban J connectivity index is -0.000000291. The fraction of sp³-hybridized carbons (Fsp3) is 0.917. The van der Waals surface area contributed by atoms with Crippen molar-refractivity contribution in [2.75, 3.05) is 6.54 Å². The summed E-state index contributed by atoms with van der Waals surface area (Å²) in [6.45, 7) is 27.9. The molecule has 0 aliphatic rings. The van der Waals surface area contributed by atoms with E-state index < -0.39 is 0 Å². The van der Waals surface area contributed by atoms with Crippen molar-refractivity contribution in [2.24, 2.45) is 29.6 Å². The molecule has 0 amide bonds. The molecule has 0 aromatic carbocycles. The highest BCUT2D eigenvalue weighted by Crippen LogP contribution is 2.09. The monoisotopic (exact) mass is 355 g/mol. The molecular formula is C24H53N. The van der Waals surface area contributed by atoms with Gasteiger partial charge >= 0.3 is 0 Å². The minimum atomic E-state index is 0.642. The topological polar surface area (TPSA) is 12.0 Å². The quantitative estimate of drug-likeness (QED) is 0.413. The van der Waals surface area contributed by atoms with Crippen LogP contribution >= 0.6 is 0 Å². The second-order valence-electron chi connectivity index (χ2n) is 9.53. The lowest BCUT2D eigenvalue weighted by Gasteiger charge is -2.08. The van der Waals surface area contributed by atoms with Crippen LogP contribution in [-0.2, 0) is 0 Å². The van der Waals surface area contributed by atoms with Gasteiger partial charge in [0, 0.05) is 6.04 Å². The molecule has 1 N–H and O–H groups in total. The van der Waals surface area contributed by atoms with Gasteiger partial charge in [-0.3, -0.25) is 0 Å². The van der Waals surface area contributed by atoms with Crippen molar-refractivity contribution in [1.82, 2.24) is 5.32 Å². The Kier molecular flexibility index (Phi) is 23.6. The van der Waals surface area contributed by atoms with E-state index in [1.807, 2.05) is 0 Å². The number of hydrogen-bond donors (Lipinski definition) is 1. The van der Waals surface area contributed by atoms with Crippen LogP contribution in [0.1, 0.15) is 102 Å². The second-order valence-corrected chi connectivity index (χ2v) is 9.53. The van der Waals surface area contributed by atoms with Crippen LogP contribution in [-0.4, -0.2) is 12.6 Å². The molecule has 0 radical (unpaired) electrons. The molecule has 0 heterocycles. The van der Waals surface area contributed by atoms with E-state index in [1.165, 1.54) is 19.3 Å². The molecule has 1 nitrogen and oxygen atoms in total. The Hall–Kier alpha value is -0.300. The fourth-order valence-electron chi connectivity index (χ4n) is 1.77. The first-order chi connectivity index (χ1) is 11.4. The lowest BCUT2D eigenvalue weighted by molar-refractivity contribution is 0.476. The van der Waals surface area contributed by atoms with E-state index in [4.69, 9.17) is 0 Å². The van der Waals surface area contributed by atoms with Gasteiger partial charge in [0.1, 0.15) is 0 Å². The van der Waals surface area contributed by atoms with Gasteiger partial charge in [0.25, 0.3) is 0 Å². The number of allylic oxidation sites excluding steroid dienone is 2. The summed E-state index contributed by atoms with van der Waals surface area (Å²) in [6.07, 6.45) is 8.54. The standard InChI is InChI=1S/C8H19N.C8H18.C8H16/c1-7(2)5-6-9-8(3)4;2*1-7(2)5-6-8(3)4/h7-9H,5-6H2,1-4H3;7-8H,5-6H2,1-4H3;5-8H,1-4H3/b;;6-5+. The average molecular weight is 356 g/mol. The van der Waals surface area contributed by atoms with Crippen LogP contribution in [0, 0.1) is 29.6 Å². The molecule has 1 heteroatoms. The highest BCUT2D eigenvalue weighted by molar-refractivity contribution is 4.86. The minimum Gasteiger partial charge on any atom is -0.315 e. The predicted molar refractivity (Wildman–Crippen MR) is 120 cm³/mol. The van der Waals surface area contributed by atoms with Gasteiger partial charge in [-0.25, -0.2) is 0 Å². The summed E-state index contributed by atoms with van der Waals surface area (Å²) in [4.78, 5) is 0. The molecule has 0 aromatic rings. The Morgan fingerprint density at radius 1 is 0.520 bits per heavy atom. The maximum atomic E-state index is 3.38. The van der Waals surface area contributed by atoms with Crippen LogP contribution in [0.2, 0.25) is 0 Å². The number of hydrogen-bond acceptors (Lipinski definition) is 1. The van der Waals surface area contributed by atoms with Crippen LogP contribution in [0.4, 0.5) is 0 Å². The maximum absolute atomic E-state index is 3.38. The first-order valence-corrected chi connectivity index (χ1v) is 10.8. The molecule has 0 aromatic heterocycles. The van der Waals surface area contributed by atoms with Gasteiger partial charge in [0.05, 0.1) is 0 Å². The third kappa shape index (κ3) is 45.3. The molecule has 0 saturated carbocycles. The third-order valence-corrected chi connectivity index (χ3v) is 3.48. The maximum Gasteiger partial charge on any atom is 0.00103 e. The van der Waals surface area contributed by atoms with E-state index in [2.05, 4.69) is 101 Å². The Bertz CT molecular complexity index is 233. The van der Waals surface area contributed by atoms with Gasteiger partial charge in [-0.1, -0.05) is 108 Å². The predicted octanol–water partition coefficient (Wildman–Crippen LogP) is 7.96. The van der Waals surface area contributed by atoms with E-state index in [9.17, 15) is 0 Å². The molecule has 0 atom stereocenters. The zero-order chi connectivity index (χ0) is 20.4. The molecule has 0 fully saturated rings. The Labute approximate surface area is 162 Å². The molecule has 154 valence electrons. The lowest BCUT2D eigenvalue weighted by atomic mass is 10.0. The zero-order valence-corrected chi connectivity index (χ0v) is 19.9. The van der Waals surface area contributed by atoms with E-state index in [0.717, 1.165) is 24.3 Å². The summed E-state index contributed by atoms with van der Waals surface area (Å²) < 4.78 is 0. The van der Waals surface area contributed by atoms with Crippen molar-refractivity contribution in [1.29, 1.82) is 0 Å². The summed E-state index contributed by atoms with van der Waals surface area (Å²) in [5.74, 6) is 4.01. The molecule has 0 unspecified atom stereocenters. The van der Waals surface area contributed by atoms with Gasteiger partial charge in [-0.15, -0.1) is 0 Å². The molecular weight excluding hydrogens is 302 g/mol. The molecule has 25 heavy (non-hydrogen) atoms. The summed E-state index contributed by atoms with van der Waals surface area (Å²) in [5, 5.41) is 3.38. The SMILES string of the molecule is CC(C)/C=C/C(C)C.CC(C)CCC(C)C.CC(C)CCNC(C)C. The van der Waals surface area contributed by atoms with Gasteiger partial charge in [-0.05, 0) is 42.6 Å². The van der Waals surface area contributed by atoms with Crippen molar-refractivity contribution in [3.63, 3.8) is 0 Å². The van der Waals surface area contributed by atoms with Crippen LogP contribution in [0.5, 0.6) is 0 Å².